The average molecular weight is 491 g/mol. The van der Waals surface area contributed by atoms with Crippen LogP contribution >= 0.6 is 11.6 Å². The van der Waals surface area contributed by atoms with Gasteiger partial charge in [-0.05, 0) is 37.0 Å². The summed E-state index contributed by atoms with van der Waals surface area (Å²) in [5, 5.41) is 1.56. The minimum absolute atomic E-state index is 0.251. The van der Waals surface area contributed by atoms with Gasteiger partial charge in [0, 0.05) is 35.0 Å². The number of anilines is 1. The number of halogens is 4. The van der Waals surface area contributed by atoms with E-state index in [-0.39, 0.29) is 10.9 Å². The van der Waals surface area contributed by atoms with Crippen molar-refractivity contribution in [2.45, 2.75) is 24.6 Å². The van der Waals surface area contributed by atoms with Crippen LogP contribution in [0.4, 0.5) is 23.7 Å². The van der Waals surface area contributed by atoms with E-state index in [1.807, 2.05) is 29.4 Å². The van der Waals surface area contributed by atoms with Crippen LogP contribution in [0.3, 0.4) is 0 Å². The summed E-state index contributed by atoms with van der Waals surface area (Å²) in [7, 11) is -5.10. The highest BCUT2D eigenvalue weighted by Gasteiger charge is 2.62. The molecule has 2 aliphatic rings. The number of carbonyl (C=O) groups is 1. The van der Waals surface area contributed by atoms with Crippen molar-refractivity contribution in [2.75, 3.05) is 5.32 Å². The number of carbonyl (C=O) groups excluding carboxylic acids is 1. The van der Waals surface area contributed by atoms with E-state index in [1.54, 1.807) is 12.4 Å². The fourth-order valence-corrected chi connectivity index (χ4v) is 3.17. The summed E-state index contributed by atoms with van der Waals surface area (Å²) in [5.74, 6) is 3.29. The zero-order valence-corrected chi connectivity index (χ0v) is 17.5. The predicted octanol–water partition coefficient (Wildman–Crippen LogP) is 4.34. The zero-order valence-electron chi connectivity index (χ0n) is 15.9. The number of ether oxygens (including phenoxy) is 1. The van der Waals surface area contributed by atoms with Gasteiger partial charge in [0.05, 0.1) is 5.69 Å². The highest BCUT2D eigenvalue weighted by atomic mass is 35.5. The molecule has 1 atom stereocenters. The molecule has 2 aromatic rings. The number of hydrogen-bond donors (Lipinski definition) is 2. The average Bonchev–Trinajstić information content (AvgIpc) is 3.51. The highest BCUT2D eigenvalue weighted by Crippen LogP contribution is 2.51. The second kappa shape index (κ2) is 8.85. The maximum atomic E-state index is 13.9. The molecule has 4 rings (SSSR count). The summed E-state index contributed by atoms with van der Waals surface area (Å²) < 4.78 is 81.1. The summed E-state index contributed by atoms with van der Waals surface area (Å²) >= 11 is 5.76. The lowest BCUT2D eigenvalue weighted by molar-refractivity contribution is -0.239. The molecule has 13 heteroatoms. The number of aromatic nitrogens is 1. The van der Waals surface area contributed by atoms with E-state index in [0.29, 0.717) is 12.8 Å². The van der Waals surface area contributed by atoms with Crippen molar-refractivity contribution in [1.82, 2.24) is 4.98 Å². The molecular formula is C19H14ClF3N2O6S. The summed E-state index contributed by atoms with van der Waals surface area (Å²) in [6.45, 7) is 0. The lowest BCUT2D eigenvalue weighted by Crippen LogP contribution is -2.49. The third-order valence-corrected chi connectivity index (χ3v) is 4.72. The maximum absolute atomic E-state index is 13.9. The third kappa shape index (κ3) is 5.61. The van der Waals surface area contributed by atoms with Gasteiger partial charge < -0.3 is 8.92 Å². The van der Waals surface area contributed by atoms with Crippen LogP contribution in [0.5, 0.6) is 5.75 Å². The number of nitrogens with zero attached hydrogens (tertiary/aromatic N) is 1. The Morgan fingerprint density at radius 3 is 2.38 bits per heavy atom. The first-order valence-electron chi connectivity index (χ1n) is 8.86. The Morgan fingerprint density at radius 2 is 1.91 bits per heavy atom. The third-order valence-electron chi connectivity index (χ3n) is 4.11. The molecule has 1 fully saturated rings. The topological polar surface area (TPSA) is 115 Å². The van der Waals surface area contributed by atoms with E-state index in [9.17, 15) is 26.4 Å². The van der Waals surface area contributed by atoms with Crippen molar-refractivity contribution in [1.29, 1.82) is 0 Å². The number of alkyl halides is 3. The molecule has 0 bridgehead atoms. The summed E-state index contributed by atoms with van der Waals surface area (Å²) in [6.07, 6.45) is -1.96. The highest BCUT2D eigenvalue weighted by molar-refractivity contribution is 7.81. The molecular weight excluding hydrogens is 477 g/mol. The number of cyclic esters (lactones) is 1. The van der Waals surface area contributed by atoms with E-state index >= 15 is 0 Å². The maximum Gasteiger partial charge on any atom is 0.446 e. The largest absolute Gasteiger partial charge is 0.446 e. The fraction of sp³-hybridized carbons (Fsp3) is 0.263. The van der Waals surface area contributed by atoms with Gasteiger partial charge in [-0.3, -0.25) is 14.9 Å². The van der Waals surface area contributed by atoms with Crippen molar-refractivity contribution in [3.8, 4) is 17.6 Å². The smallest absolute Gasteiger partial charge is 0.415 e. The summed E-state index contributed by atoms with van der Waals surface area (Å²) in [5.41, 5.74) is -4.80. The Kier molecular flexibility index (Phi) is 6.54. The predicted molar refractivity (Wildman–Crippen MR) is 106 cm³/mol. The van der Waals surface area contributed by atoms with E-state index in [1.165, 1.54) is 0 Å². The van der Waals surface area contributed by atoms with Crippen molar-refractivity contribution in [3.63, 3.8) is 0 Å². The standard InChI is InChI=1S/C14H9ClF3NO6S.C5H5N/c15-8-5-9-11(10(6-8)25-26(21,22)23)19-12(20)24-13(9,14(16,17)18)4-3-7-1-2-7;1-2-4-6-5-3-1/h5-7H,1-2H2,(H,19,20)(H,21,22,23);1-5H/t13-;/m0./s1. The minimum atomic E-state index is -5.17. The van der Waals surface area contributed by atoms with E-state index in [4.69, 9.17) is 16.2 Å². The van der Waals surface area contributed by atoms with Crippen molar-refractivity contribution < 1.29 is 39.9 Å². The van der Waals surface area contributed by atoms with Crippen LogP contribution in [0.25, 0.3) is 0 Å². The lowest BCUT2D eigenvalue weighted by atomic mass is 9.90. The van der Waals surface area contributed by atoms with Gasteiger partial charge in [-0.25, -0.2) is 4.79 Å². The molecule has 1 aliphatic heterocycles. The monoisotopic (exact) mass is 490 g/mol. The molecule has 0 saturated heterocycles. The molecule has 0 unspecified atom stereocenters. The number of nitrogens with one attached hydrogen (secondary N) is 1. The van der Waals surface area contributed by atoms with Gasteiger partial charge in [-0.2, -0.15) is 21.6 Å². The lowest BCUT2D eigenvalue weighted by Gasteiger charge is -2.36. The van der Waals surface area contributed by atoms with Crippen molar-refractivity contribution >= 4 is 33.8 Å². The van der Waals surface area contributed by atoms with Crippen LogP contribution in [0.1, 0.15) is 18.4 Å². The van der Waals surface area contributed by atoms with Gasteiger partial charge in [0.15, 0.2) is 5.75 Å². The quantitative estimate of drug-likeness (QED) is 0.475. The summed E-state index contributed by atoms with van der Waals surface area (Å²) in [4.78, 5) is 15.5. The summed E-state index contributed by atoms with van der Waals surface area (Å²) in [6, 6.07) is 7.35. The molecule has 1 aliphatic carbocycles. The van der Waals surface area contributed by atoms with E-state index < -0.39 is 45.3 Å². The first-order chi connectivity index (χ1) is 14.9. The number of amides is 1. The Bertz CT molecular complexity index is 1150. The van der Waals surface area contributed by atoms with Crippen molar-refractivity contribution in [2.24, 2.45) is 5.92 Å². The molecule has 8 nitrogen and oxygen atoms in total. The Balaban J connectivity index is 0.000000416. The van der Waals surface area contributed by atoms with Gasteiger partial charge in [-0.1, -0.05) is 23.6 Å². The molecule has 1 saturated carbocycles. The second-order valence-electron chi connectivity index (χ2n) is 6.60. The van der Waals surface area contributed by atoms with E-state index in [0.717, 1.165) is 12.1 Å². The minimum Gasteiger partial charge on any atom is -0.415 e. The van der Waals surface area contributed by atoms with Gasteiger partial charge in [0.1, 0.15) is 0 Å². The van der Waals surface area contributed by atoms with Gasteiger partial charge >= 0.3 is 22.7 Å². The van der Waals surface area contributed by atoms with Gasteiger partial charge in [-0.15, -0.1) is 0 Å². The molecule has 32 heavy (non-hydrogen) atoms. The Hall–Kier alpha value is -3.01. The van der Waals surface area contributed by atoms with Gasteiger partial charge in [0.2, 0.25) is 0 Å². The first-order valence-corrected chi connectivity index (χ1v) is 10.6. The normalized spacial score (nSPS) is 19.7. The van der Waals surface area contributed by atoms with Crippen LogP contribution in [-0.2, 0) is 20.7 Å². The fourth-order valence-electron chi connectivity index (χ4n) is 2.61. The van der Waals surface area contributed by atoms with Crippen LogP contribution in [-0.4, -0.2) is 30.2 Å². The van der Waals surface area contributed by atoms with Crippen LogP contribution in [0.15, 0.2) is 42.7 Å². The van der Waals surface area contributed by atoms with Crippen molar-refractivity contribution in [3.05, 3.63) is 53.3 Å². The molecule has 1 aromatic heterocycles. The molecule has 1 amide bonds. The van der Waals surface area contributed by atoms with E-state index in [2.05, 4.69) is 19.8 Å². The molecule has 0 spiro atoms. The van der Waals surface area contributed by atoms with Crippen LogP contribution in [0.2, 0.25) is 5.02 Å². The van der Waals surface area contributed by atoms with Crippen LogP contribution in [0, 0.1) is 17.8 Å². The number of rotatable bonds is 2. The second-order valence-corrected chi connectivity index (χ2v) is 8.06. The molecule has 170 valence electrons. The number of benzene rings is 1. The number of hydrogen-bond acceptors (Lipinski definition) is 6. The number of fused-ring (bicyclic) bond motifs is 1. The van der Waals surface area contributed by atoms with Crippen LogP contribution < -0.4 is 9.50 Å². The molecule has 0 radical (unpaired) electrons. The SMILES string of the molecule is O=C1Nc2c(OS(=O)(=O)O)cc(Cl)cc2[C@@](C#CC2CC2)(C(F)(F)F)O1.c1ccncc1. The first kappa shape index (κ1) is 23.6. The Morgan fingerprint density at radius 1 is 1.25 bits per heavy atom. The van der Waals surface area contributed by atoms with Gasteiger partial charge in [0.25, 0.3) is 5.60 Å². The molecule has 1 aromatic carbocycles. The molecule has 2 heterocycles. The zero-order chi connectivity index (χ0) is 23.6. The Labute approximate surface area is 185 Å². The molecule has 2 N–H and O–H groups in total. The number of pyridine rings is 1.